The Labute approximate surface area is 126 Å². The van der Waals surface area contributed by atoms with E-state index in [2.05, 4.69) is 5.32 Å². The SMILES string of the molecule is Cc1ccccc1CNC(=O)COc1cccc(C)c1C. The van der Waals surface area contributed by atoms with Gasteiger partial charge in [0.15, 0.2) is 6.61 Å². The molecule has 1 amide bonds. The third-order valence-electron chi connectivity index (χ3n) is 3.65. The quantitative estimate of drug-likeness (QED) is 0.914. The van der Waals surface area contributed by atoms with Gasteiger partial charge in [0.05, 0.1) is 0 Å². The Morgan fingerprint density at radius 1 is 1.00 bits per heavy atom. The number of hydrogen-bond acceptors (Lipinski definition) is 2. The number of aryl methyl sites for hydroxylation is 2. The smallest absolute Gasteiger partial charge is 0.258 e. The number of amides is 1. The molecule has 110 valence electrons. The summed E-state index contributed by atoms with van der Waals surface area (Å²) in [5.41, 5.74) is 4.53. The van der Waals surface area contributed by atoms with Gasteiger partial charge in [0.25, 0.3) is 5.91 Å². The first-order valence-corrected chi connectivity index (χ1v) is 7.08. The molecule has 2 aromatic carbocycles. The molecule has 0 aliphatic heterocycles. The summed E-state index contributed by atoms with van der Waals surface area (Å²) in [6.07, 6.45) is 0. The van der Waals surface area contributed by atoms with Crippen LogP contribution >= 0.6 is 0 Å². The van der Waals surface area contributed by atoms with E-state index in [0.717, 1.165) is 22.4 Å². The summed E-state index contributed by atoms with van der Waals surface area (Å²) in [4.78, 5) is 11.9. The van der Waals surface area contributed by atoms with Gasteiger partial charge in [-0.15, -0.1) is 0 Å². The molecule has 1 N–H and O–H groups in total. The van der Waals surface area contributed by atoms with Crippen molar-refractivity contribution in [1.82, 2.24) is 5.32 Å². The third-order valence-corrected chi connectivity index (χ3v) is 3.65. The van der Waals surface area contributed by atoms with Crippen LogP contribution in [-0.4, -0.2) is 12.5 Å². The van der Waals surface area contributed by atoms with E-state index in [-0.39, 0.29) is 12.5 Å². The van der Waals surface area contributed by atoms with Crippen molar-refractivity contribution in [2.75, 3.05) is 6.61 Å². The lowest BCUT2D eigenvalue weighted by molar-refractivity contribution is -0.123. The maximum absolute atomic E-state index is 11.9. The van der Waals surface area contributed by atoms with Gasteiger partial charge in [-0.05, 0) is 49.1 Å². The summed E-state index contributed by atoms with van der Waals surface area (Å²) in [5.74, 6) is 0.653. The van der Waals surface area contributed by atoms with Crippen LogP contribution in [0.1, 0.15) is 22.3 Å². The van der Waals surface area contributed by atoms with E-state index in [0.29, 0.717) is 6.54 Å². The lowest BCUT2D eigenvalue weighted by Gasteiger charge is -2.11. The molecule has 0 aliphatic rings. The van der Waals surface area contributed by atoms with E-state index in [1.807, 2.05) is 63.2 Å². The number of carbonyl (C=O) groups excluding carboxylic acids is 1. The van der Waals surface area contributed by atoms with Gasteiger partial charge in [0.1, 0.15) is 5.75 Å². The van der Waals surface area contributed by atoms with Crippen LogP contribution in [0.5, 0.6) is 5.75 Å². The number of benzene rings is 2. The molecule has 2 rings (SSSR count). The summed E-state index contributed by atoms with van der Waals surface area (Å²) in [6, 6.07) is 13.9. The van der Waals surface area contributed by atoms with E-state index < -0.39 is 0 Å². The van der Waals surface area contributed by atoms with E-state index in [9.17, 15) is 4.79 Å². The minimum atomic E-state index is -0.112. The number of hydrogen-bond donors (Lipinski definition) is 1. The molecule has 2 aromatic rings. The van der Waals surface area contributed by atoms with Crippen molar-refractivity contribution in [3.63, 3.8) is 0 Å². The van der Waals surface area contributed by atoms with E-state index in [4.69, 9.17) is 4.74 Å². The van der Waals surface area contributed by atoms with Crippen molar-refractivity contribution in [2.45, 2.75) is 27.3 Å². The van der Waals surface area contributed by atoms with Crippen LogP contribution in [0.4, 0.5) is 0 Å². The highest BCUT2D eigenvalue weighted by Crippen LogP contribution is 2.20. The van der Waals surface area contributed by atoms with Crippen LogP contribution in [0.3, 0.4) is 0 Å². The van der Waals surface area contributed by atoms with Crippen LogP contribution in [0.25, 0.3) is 0 Å². The Morgan fingerprint density at radius 3 is 2.48 bits per heavy atom. The summed E-state index contributed by atoms with van der Waals surface area (Å²) in [7, 11) is 0. The molecular formula is C18H21NO2. The number of nitrogens with one attached hydrogen (secondary N) is 1. The third kappa shape index (κ3) is 4.09. The minimum absolute atomic E-state index is 0.0379. The number of carbonyl (C=O) groups is 1. The second kappa shape index (κ2) is 6.93. The fourth-order valence-electron chi connectivity index (χ4n) is 2.08. The molecule has 0 saturated carbocycles. The van der Waals surface area contributed by atoms with Crippen molar-refractivity contribution in [3.05, 3.63) is 64.7 Å². The first-order chi connectivity index (χ1) is 10.1. The second-order valence-corrected chi connectivity index (χ2v) is 5.19. The highest BCUT2D eigenvalue weighted by Gasteiger charge is 2.06. The zero-order valence-corrected chi connectivity index (χ0v) is 12.8. The maximum atomic E-state index is 11.9. The van der Waals surface area contributed by atoms with Crippen molar-refractivity contribution >= 4 is 5.91 Å². The Bertz CT molecular complexity index is 635. The average molecular weight is 283 g/mol. The van der Waals surface area contributed by atoms with E-state index >= 15 is 0 Å². The van der Waals surface area contributed by atoms with Gasteiger partial charge in [0.2, 0.25) is 0 Å². The molecule has 0 aromatic heterocycles. The van der Waals surface area contributed by atoms with Crippen LogP contribution in [0.2, 0.25) is 0 Å². The fourth-order valence-corrected chi connectivity index (χ4v) is 2.08. The first-order valence-electron chi connectivity index (χ1n) is 7.08. The standard InChI is InChI=1S/C18H21NO2/c1-13-8-6-10-17(15(13)3)21-12-18(20)19-11-16-9-5-4-7-14(16)2/h4-10H,11-12H2,1-3H3,(H,19,20). The topological polar surface area (TPSA) is 38.3 Å². The molecular weight excluding hydrogens is 262 g/mol. The van der Waals surface area contributed by atoms with Crippen molar-refractivity contribution in [2.24, 2.45) is 0 Å². The van der Waals surface area contributed by atoms with Crippen LogP contribution < -0.4 is 10.1 Å². The molecule has 0 radical (unpaired) electrons. The number of rotatable bonds is 5. The Balaban J connectivity index is 1.85. The molecule has 3 heteroatoms. The van der Waals surface area contributed by atoms with Gasteiger partial charge in [-0.1, -0.05) is 36.4 Å². The van der Waals surface area contributed by atoms with Crippen LogP contribution in [0, 0.1) is 20.8 Å². The summed E-state index contributed by atoms with van der Waals surface area (Å²) >= 11 is 0. The lowest BCUT2D eigenvalue weighted by atomic mass is 10.1. The van der Waals surface area contributed by atoms with Crippen LogP contribution in [0.15, 0.2) is 42.5 Å². The highest BCUT2D eigenvalue weighted by atomic mass is 16.5. The molecule has 21 heavy (non-hydrogen) atoms. The molecule has 0 saturated heterocycles. The van der Waals surface area contributed by atoms with E-state index in [1.54, 1.807) is 0 Å². The van der Waals surface area contributed by atoms with Gasteiger partial charge >= 0.3 is 0 Å². The maximum Gasteiger partial charge on any atom is 0.258 e. The Hall–Kier alpha value is -2.29. The van der Waals surface area contributed by atoms with Crippen LogP contribution in [-0.2, 0) is 11.3 Å². The molecule has 3 nitrogen and oxygen atoms in total. The first kappa shape index (κ1) is 15.1. The zero-order valence-electron chi connectivity index (χ0n) is 12.8. The molecule has 0 unspecified atom stereocenters. The predicted molar refractivity (Wildman–Crippen MR) is 84.4 cm³/mol. The largest absolute Gasteiger partial charge is 0.483 e. The molecule has 0 atom stereocenters. The van der Waals surface area contributed by atoms with Gasteiger partial charge < -0.3 is 10.1 Å². The van der Waals surface area contributed by atoms with Crippen molar-refractivity contribution in [3.8, 4) is 5.75 Å². The lowest BCUT2D eigenvalue weighted by Crippen LogP contribution is -2.28. The summed E-state index contributed by atoms with van der Waals surface area (Å²) in [6.45, 7) is 6.63. The Morgan fingerprint density at radius 2 is 1.71 bits per heavy atom. The van der Waals surface area contributed by atoms with Gasteiger partial charge in [-0.2, -0.15) is 0 Å². The van der Waals surface area contributed by atoms with Gasteiger partial charge in [-0.3, -0.25) is 4.79 Å². The second-order valence-electron chi connectivity index (χ2n) is 5.19. The van der Waals surface area contributed by atoms with Gasteiger partial charge in [0, 0.05) is 6.54 Å². The van der Waals surface area contributed by atoms with Crippen molar-refractivity contribution < 1.29 is 9.53 Å². The average Bonchev–Trinajstić information content (AvgIpc) is 2.48. The summed E-state index contributed by atoms with van der Waals surface area (Å²) < 4.78 is 5.59. The fraction of sp³-hybridized carbons (Fsp3) is 0.278. The van der Waals surface area contributed by atoms with E-state index in [1.165, 1.54) is 5.56 Å². The highest BCUT2D eigenvalue weighted by molar-refractivity contribution is 5.77. The van der Waals surface area contributed by atoms with Gasteiger partial charge in [-0.25, -0.2) is 0 Å². The molecule has 0 bridgehead atoms. The molecule has 0 aliphatic carbocycles. The molecule has 0 spiro atoms. The minimum Gasteiger partial charge on any atom is -0.483 e. The Kier molecular flexibility index (Phi) is 4.99. The van der Waals surface area contributed by atoms with Crippen molar-refractivity contribution in [1.29, 1.82) is 0 Å². The monoisotopic (exact) mass is 283 g/mol. The normalized spacial score (nSPS) is 10.2. The summed E-state index contributed by atoms with van der Waals surface area (Å²) in [5, 5.41) is 2.88. The predicted octanol–water partition coefficient (Wildman–Crippen LogP) is 3.31. The molecule has 0 fully saturated rings. The number of ether oxygens (including phenoxy) is 1. The molecule has 0 heterocycles. The zero-order chi connectivity index (χ0) is 15.2.